The molecule has 0 radical (unpaired) electrons. The summed E-state index contributed by atoms with van der Waals surface area (Å²) < 4.78 is 13.9. The maximum atomic E-state index is 11.9. The van der Waals surface area contributed by atoms with Crippen LogP contribution in [-0.4, -0.2) is 38.9 Å². The van der Waals surface area contributed by atoms with Gasteiger partial charge in [-0.25, -0.2) is 14.3 Å². The Morgan fingerprint density at radius 1 is 1.03 bits per heavy atom. The van der Waals surface area contributed by atoms with Gasteiger partial charge in [-0.3, -0.25) is 0 Å². The van der Waals surface area contributed by atoms with Crippen LogP contribution in [0.5, 0.6) is 0 Å². The summed E-state index contributed by atoms with van der Waals surface area (Å²) in [7, 11) is 0. The van der Waals surface area contributed by atoms with E-state index in [0.29, 0.717) is 16.3 Å². The molecule has 5 aromatic rings. The van der Waals surface area contributed by atoms with Gasteiger partial charge in [0.15, 0.2) is 0 Å². The number of piperidine rings is 1. The van der Waals surface area contributed by atoms with Crippen molar-refractivity contribution >= 4 is 28.2 Å². The largest absolute Gasteiger partial charge is 0.442 e. The van der Waals surface area contributed by atoms with Crippen LogP contribution >= 0.6 is 11.6 Å². The molecule has 4 heterocycles. The SMILES string of the molecule is O=c1oc2c(C3CCN(CCc4cnn(-c5ccccc5)c4)CC3)c3ccc(Cl)cc3n2oc1=O. The fraction of sp³-hybridized carbons (Fsp3) is 0.269. The molecule has 2 aromatic carbocycles. The third-order valence-electron chi connectivity index (χ3n) is 6.78. The van der Waals surface area contributed by atoms with E-state index in [1.807, 2.05) is 47.3 Å². The number of benzene rings is 2. The molecule has 6 rings (SSSR count). The molecule has 0 atom stereocenters. The first-order valence-corrected chi connectivity index (χ1v) is 12.0. The Bertz CT molecular complexity index is 1620. The van der Waals surface area contributed by atoms with Crippen molar-refractivity contribution in [3.8, 4) is 5.69 Å². The average Bonchev–Trinajstić information content (AvgIpc) is 3.47. The van der Waals surface area contributed by atoms with E-state index >= 15 is 0 Å². The second kappa shape index (κ2) is 8.87. The lowest BCUT2D eigenvalue weighted by Crippen LogP contribution is -2.34. The van der Waals surface area contributed by atoms with Crippen LogP contribution < -0.4 is 11.3 Å². The van der Waals surface area contributed by atoms with Crippen molar-refractivity contribution in [2.45, 2.75) is 25.2 Å². The number of likely N-dealkylation sites (tertiary alicyclic amines) is 1. The van der Waals surface area contributed by atoms with Crippen molar-refractivity contribution in [3.63, 3.8) is 0 Å². The van der Waals surface area contributed by atoms with Gasteiger partial charge in [0, 0.05) is 28.7 Å². The minimum absolute atomic E-state index is 0.177. The topological polar surface area (TPSA) is 85.9 Å². The summed E-state index contributed by atoms with van der Waals surface area (Å²) in [6, 6.07) is 15.5. The van der Waals surface area contributed by atoms with Gasteiger partial charge in [0.05, 0.1) is 17.4 Å². The number of hydrogen-bond acceptors (Lipinski definition) is 6. The highest BCUT2D eigenvalue weighted by molar-refractivity contribution is 6.31. The summed E-state index contributed by atoms with van der Waals surface area (Å²) in [4.78, 5) is 26.2. The summed E-state index contributed by atoms with van der Waals surface area (Å²) in [5, 5.41) is 5.90. The Morgan fingerprint density at radius 3 is 2.63 bits per heavy atom. The van der Waals surface area contributed by atoms with Crippen LogP contribution in [0.1, 0.15) is 29.9 Å². The van der Waals surface area contributed by atoms with E-state index in [-0.39, 0.29) is 5.92 Å². The lowest BCUT2D eigenvalue weighted by Gasteiger charge is -2.31. The maximum absolute atomic E-state index is 11.9. The van der Waals surface area contributed by atoms with E-state index in [1.54, 1.807) is 12.1 Å². The predicted octanol–water partition coefficient (Wildman–Crippen LogP) is 4.26. The third-order valence-corrected chi connectivity index (χ3v) is 7.02. The van der Waals surface area contributed by atoms with Gasteiger partial charge >= 0.3 is 11.3 Å². The van der Waals surface area contributed by atoms with E-state index in [0.717, 1.165) is 55.5 Å². The van der Waals surface area contributed by atoms with E-state index < -0.39 is 11.3 Å². The Labute approximate surface area is 204 Å². The number of nitrogens with zero attached hydrogens (tertiary/aromatic N) is 4. The van der Waals surface area contributed by atoms with Gasteiger partial charge in [-0.2, -0.15) is 5.10 Å². The second-order valence-corrected chi connectivity index (χ2v) is 9.37. The van der Waals surface area contributed by atoms with Gasteiger partial charge in [-0.05, 0) is 68.1 Å². The first-order chi connectivity index (χ1) is 17.1. The summed E-state index contributed by atoms with van der Waals surface area (Å²) in [6.07, 6.45) is 6.75. The zero-order chi connectivity index (χ0) is 23.9. The third kappa shape index (κ3) is 4.09. The number of rotatable bonds is 5. The fourth-order valence-corrected chi connectivity index (χ4v) is 5.18. The van der Waals surface area contributed by atoms with Crippen LogP contribution in [0.4, 0.5) is 0 Å². The van der Waals surface area contributed by atoms with Crippen molar-refractivity contribution in [1.29, 1.82) is 0 Å². The number of halogens is 1. The zero-order valence-electron chi connectivity index (χ0n) is 18.9. The van der Waals surface area contributed by atoms with Crippen LogP contribution in [0.15, 0.2) is 79.5 Å². The Balaban J connectivity index is 1.18. The predicted molar refractivity (Wildman–Crippen MR) is 133 cm³/mol. The van der Waals surface area contributed by atoms with Crippen LogP contribution in [0.3, 0.4) is 0 Å². The molecule has 0 bridgehead atoms. The quantitative estimate of drug-likeness (QED) is 0.342. The number of fused-ring (bicyclic) bond motifs is 3. The standard InChI is InChI=1S/C26H23ClN4O4/c27-19-6-7-21-22(14-19)31-24(34-25(32)26(33)35-31)23(21)18-9-12-29(13-10-18)11-8-17-15-28-30(16-17)20-4-2-1-3-5-20/h1-7,14-16,18H,8-13H2. The van der Waals surface area contributed by atoms with E-state index in [2.05, 4.69) is 16.2 Å². The molecule has 1 aliphatic heterocycles. The zero-order valence-corrected chi connectivity index (χ0v) is 19.6. The van der Waals surface area contributed by atoms with Gasteiger partial charge in [0.2, 0.25) is 5.71 Å². The van der Waals surface area contributed by atoms with Crippen molar-refractivity contribution < 1.29 is 8.94 Å². The summed E-state index contributed by atoms with van der Waals surface area (Å²) >= 11 is 6.19. The minimum atomic E-state index is -1.04. The molecule has 9 heteroatoms. The van der Waals surface area contributed by atoms with E-state index in [1.165, 1.54) is 10.1 Å². The van der Waals surface area contributed by atoms with E-state index in [9.17, 15) is 9.59 Å². The number of hydrogen-bond donors (Lipinski definition) is 0. The monoisotopic (exact) mass is 490 g/mol. The highest BCUT2D eigenvalue weighted by atomic mass is 35.5. The second-order valence-electron chi connectivity index (χ2n) is 8.94. The minimum Gasteiger partial charge on any atom is -0.397 e. The summed E-state index contributed by atoms with van der Waals surface area (Å²) in [5.74, 6) is 0.177. The molecule has 0 amide bonds. The molecule has 0 spiro atoms. The van der Waals surface area contributed by atoms with Gasteiger partial charge < -0.3 is 13.8 Å². The highest BCUT2D eigenvalue weighted by Crippen LogP contribution is 2.38. The first kappa shape index (κ1) is 21.9. The van der Waals surface area contributed by atoms with Crippen LogP contribution in [0.25, 0.3) is 22.3 Å². The molecule has 1 aliphatic rings. The normalized spacial score (nSPS) is 15.3. The van der Waals surface area contributed by atoms with Crippen molar-refractivity contribution in [3.05, 3.63) is 97.9 Å². The number of para-hydroxylation sites is 1. The molecule has 0 saturated carbocycles. The molecular formula is C26H23ClN4O4. The molecule has 178 valence electrons. The lowest BCUT2D eigenvalue weighted by molar-refractivity contribution is 0.214. The number of aromatic nitrogens is 3. The Kier molecular flexibility index (Phi) is 5.54. The molecule has 1 fully saturated rings. The smallest absolute Gasteiger partial charge is 0.397 e. The molecule has 8 nitrogen and oxygen atoms in total. The molecular weight excluding hydrogens is 468 g/mol. The molecule has 0 aliphatic carbocycles. The van der Waals surface area contributed by atoms with Crippen molar-refractivity contribution in [1.82, 2.24) is 19.3 Å². The molecule has 0 N–H and O–H groups in total. The molecule has 0 unspecified atom stereocenters. The van der Waals surface area contributed by atoms with Gasteiger partial charge in [-0.15, -0.1) is 4.57 Å². The molecule has 3 aromatic heterocycles. The summed E-state index contributed by atoms with van der Waals surface area (Å²) in [6.45, 7) is 2.79. The fourth-order valence-electron chi connectivity index (χ4n) is 5.01. The van der Waals surface area contributed by atoms with Crippen LogP contribution in [0, 0.1) is 0 Å². The molecule has 1 saturated heterocycles. The van der Waals surface area contributed by atoms with Gasteiger partial charge in [0.25, 0.3) is 0 Å². The maximum Gasteiger partial charge on any atom is 0.442 e. The Morgan fingerprint density at radius 2 is 1.83 bits per heavy atom. The first-order valence-electron chi connectivity index (χ1n) is 11.7. The highest BCUT2D eigenvalue weighted by Gasteiger charge is 2.28. The average molecular weight is 491 g/mol. The van der Waals surface area contributed by atoms with Crippen LogP contribution in [-0.2, 0) is 6.42 Å². The molecule has 35 heavy (non-hydrogen) atoms. The van der Waals surface area contributed by atoms with Crippen molar-refractivity contribution in [2.24, 2.45) is 0 Å². The van der Waals surface area contributed by atoms with Crippen LogP contribution in [0.2, 0.25) is 5.02 Å². The van der Waals surface area contributed by atoms with Crippen molar-refractivity contribution in [2.75, 3.05) is 19.6 Å². The van der Waals surface area contributed by atoms with Gasteiger partial charge in [-0.1, -0.05) is 35.9 Å². The Hall–Kier alpha value is -3.62. The van der Waals surface area contributed by atoms with E-state index in [4.69, 9.17) is 20.5 Å². The van der Waals surface area contributed by atoms with Gasteiger partial charge in [0.1, 0.15) is 0 Å². The lowest BCUT2D eigenvalue weighted by atomic mass is 9.89. The summed E-state index contributed by atoms with van der Waals surface area (Å²) in [5.41, 5.74) is 2.04.